The van der Waals surface area contributed by atoms with Crippen molar-refractivity contribution in [3.8, 4) is 0 Å². The molecule has 0 saturated carbocycles. The largest absolute Gasteiger partial charge is 0.311 e. The van der Waals surface area contributed by atoms with Crippen molar-refractivity contribution in [3.05, 3.63) is 28.9 Å². The first kappa shape index (κ1) is 10.0. The number of halogens is 1. The number of anilines is 1. The standard InChI is InChI=1S/C10H8BrN3O/c1-6(15)13-10-3-2-8-9(14-10)4-7(11)5-12-8/h2-5H,1H3,(H,13,14,15). The molecule has 4 nitrogen and oxygen atoms in total. The minimum Gasteiger partial charge on any atom is -0.311 e. The Bertz CT molecular complexity index is 527. The smallest absolute Gasteiger partial charge is 0.222 e. The summed E-state index contributed by atoms with van der Waals surface area (Å²) in [6, 6.07) is 5.40. The van der Waals surface area contributed by atoms with Crippen molar-refractivity contribution < 1.29 is 4.79 Å². The van der Waals surface area contributed by atoms with Crippen molar-refractivity contribution in [1.29, 1.82) is 0 Å². The number of amides is 1. The Hall–Kier alpha value is -1.49. The van der Waals surface area contributed by atoms with E-state index in [2.05, 4.69) is 31.2 Å². The van der Waals surface area contributed by atoms with E-state index in [1.54, 1.807) is 12.3 Å². The summed E-state index contributed by atoms with van der Waals surface area (Å²) >= 11 is 3.32. The molecule has 0 radical (unpaired) electrons. The van der Waals surface area contributed by atoms with Gasteiger partial charge in [0.2, 0.25) is 5.91 Å². The number of fused-ring (bicyclic) bond motifs is 1. The number of aromatic nitrogens is 2. The monoisotopic (exact) mass is 265 g/mol. The number of carbonyl (C=O) groups excluding carboxylic acids is 1. The molecule has 76 valence electrons. The van der Waals surface area contributed by atoms with Crippen LogP contribution in [-0.4, -0.2) is 15.9 Å². The van der Waals surface area contributed by atoms with E-state index in [9.17, 15) is 4.79 Å². The molecule has 0 unspecified atom stereocenters. The van der Waals surface area contributed by atoms with Crippen LogP contribution in [0.5, 0.6) is 0 Å². The van der Waals surface area contributed by atoms with Crippen LogP contribution in [-0.2, 0) is 4.79 Å². The normalized spacial score (nSPS) is 10.3. The first-order valence-electron chi connectivity index (χ1n) is 4.35. The lowest BCUT2D eigenvalue weighted by Gasteiger charge is -2.02. The van der Waals surface area contributed by atoms with Gasteiger partial charge in [0, 0.05) is 17.6 Å². The average molecular weight is 266 g/mol. The molecule has 1 N–H and O–H groups in total. The van der Waals surface area contributed by atoms with Gasteiger partial charge in [0.25, 0.3) is 0 Å². The van der Waals surface area contributed by atoms with Crippen LogP contribution in [0.3, 0.4) is 0 Å². The predicted octanol–water partition coefficient (Wildman–Crippen LogP) is 2.35. The van der Waals surface area contributed by atoms with Crippen LogP contribution in [0.4, 0.5) is 5.82 Å². The molecule has 0 saturated heterocycles. The number of rotatable bonds is 1. The molecule has 0 atom stereocenters. The van der Waals surface area contributed by atoms with Crippen LogP contribution in [0.25, 0.3) is 11.0 Å². The lowest BCUT2D eigenvalue weighted by atomic mass is 10.3. The van der Waals surface area contributed by atoms with Gasteiger partial charge in [-0.1, -0.05) is 0 Å². The van der Waals surface area contributed by atoms with Gasteiger partial charge in [0.05, 0.1) is 11.0 Å². The van der Waals surface area contributed by atoms with E-state index in [0.29, 0.717) is 5.82 Å². The number of nitrogens with one attached hydrogen (secondary N) is 1. The second kappa shape index (κ2) is 3.94. The fraction of sp³-hybridized carbons (Fsp3) is 0.100. The van der Waals surface area contributed by atoms with Crippen LogP contribution >= 0.6 is 15.9 Å². The number of hydrogen-bond acceptors (Lipinski definition) is 3. The zero-order valence-electron chi connectivity index (χ0n) is 7.99. The molecule has 0 aliphatic rings. The van der Waals surface area contributed by atoms with Gasteiger partial charge < -0.3 is 5.32 Å². The maximum atomic E-state index is 10.8. The van der Waals surface area contributed by atoms with Gasteiger partial charge in [-0.2, -0.15) is 0 Å². The summed E-state index contributed by atoms with van der Waals surface area (Å²) in [6.45, 7) is 1.45. The zero-order valence-corrected chi connectivity index (χ0v) is 9.58. The van der Waals surface area contributed by atoms with Crippen molar-refractivity contribution >= 4 is 38.7 Å². The van der Waals surface area contributed by atoms with Gasteiger partial charge in [0.15, 0.2) is 0 Å². The molecule has 1 amide bonds. The summed E-state index contributed by atoms with van der Waals surface area (Å²) in [7, 11) is 0. The van der Waals surface area contributed by atoms with E-state index in [-0.39, 0.29) is 5.91 Å². The van der Waals surface area contributed by atoms with Gasteiger partial charge in [-0.25, -0.2) is 4.98 Å². The van der Waals surface area contributed by atoms with E-state index in [4.69, 9.17) is 0 Å². The Balaban J connectivity index is 2.49. The highest BCUT2D eigenvalue weighted by atomic mass is 79.9. The van der Waals surface area contributed by atoms with Gasteiger partial charge in [-0.3, -0.25) is 9.78 Å². The number of carbonyl (C=O) groups is 1. The van der Waals surface area contributed by atoms with E-state index >= 15 is 0 Å². The summed E-state index contributed by atoms with van der Waals surface area (Å²) in [5.74, 6) is 0.403. The molecule has 0 aliphatic carbocycles. The van der Waals surface area contributed by atoms with Crippen molar-refractivity contribution in [2.45, 2.75) is 6.92 Å². The lowest BCUT2D eigenvalue weighted by molar-refractivity contribution is -0.114. The minimum atomic E-state index is -0.134. The topological polar surface area (TPSA) is 54.9 Å². The molecule has 0 fully saturated rings. The second-order valence-electron chi connectivity index (χ2n) is 3.07. The van der Waals surface area contributed by atoms with Crippen LogP contribution in [0, 0.1) is 0 Å². The fourth-order valence-electron chi connectivity index (χ4n) is 1.23. The minimum absolute atomic E-state index is 0.134. The molecule has 0 spiro atoms. The van der Waals surface area contributed by atoms with E-state index in [1.807, 2.05) is 12.1 Å². The van der Waals surface area contributed by atoms with E-state index in [0.717, 1.165) is 15.5 Å². The molecule has 2 rings (SSSR count). The molecule has 0 bridgehead atoms. The Labute approximate surface area is 94.9 Å². The van der Waals surface area contributed by atoms with Crippen LogP contribution in [0.15, 0.2) is 28.9 Å². The predicted molar refractivity (Wildman–Crippen MR) is 61.5 cm³/mol. The summed E-state index contributed by atoms with van der Waals surface area (Å²) in [5, 5.41) is 2.62. The maximum absolute atomic E-state index is 10.8. The lowest BCUT2D eigenvalue weighted by Crippen LogP contribution is -2.07. The Morgan fingerprint density at radius 3 is 2.93 bits per heavy atom. The third-order valence-electron chi connectivity index (χ3n) is 1.81. The highest BCUT2D eigenvalue weighted by Gasteiger charge is 2.01. The number of pyridine rings is 2. The fourth-order valence-corrected chi connectivity index (χ4v) is 1.55. The highest BCUT2D eigenvalue weighted by Crippen LogP contribution is 2.17. The summed E-state index contributed by atoms with van der Waals surface area (Å²) < 4.78 is 0.863. The van der Waals surface area contributed by atoms with Crippen molar-refractivity contribution in [2.24, 2.45) is 0 Å². The van der Waals surface area contributed by atoms with Crippen LogP contribution in [0.1, 0.15) is 6.92 Å². The van der Waals surface area contributed by atoms with Gasteiger partial charge in [0.1, 0.15) is 5.82 Å². The van der Waals surface area contributed by atoms with Crippen molar-refractivity contribution in [2.75, 3.05) is 5.32 Å². The molecule has 0 aromatic carbocycles. The van der Waals surface area contributed by atoms with E-state index in [1.165, 1.54) is 6.92 Å². The van der Waals surface area contributed by atoms with Crippen molar-refractivity contribution in [1.82, 2.24) is 9.97 Å². The third-order valence-corrected chi connectivity index (χ3v) is 2.24. The quantitative estimate of drug-likeness (QED) is 0.861. The Kier molecular flexibility index (Phi) is 2.64. The Morgan fingerprint density at radius 2 is 2.20 bits per heavy atom. The SMILES string of the molecule is CC(=O)Nc1ccc2ncc(Br)cc2n1. The number of nitrogens with zero attached hydrogens (tertiary/aromatic N) is 2. The Morgan fingerprint density at radius 1 is 1.40 bits per heavy atom. The van der Waals surface area contributed by atoms with Crippen LogP contribution in [0.2, 0.25) is 0 Å². The maximum Gasteiger partial charge on any atom is 0.222 e. The third kappa shape index (κ3) is 2.30. The molecule has 5 heteroatoms. The molecule has 15 heavy (non-hydrogen) atoms. The van der Waals surface area contributed by atoms with Crippen molar-refractivity contribution in [3.63, 3.8) is 0 Å². The van der Waals surface area contributed by atoms with Gasteiger partial charge in [-0.05, 0) is 34.1 Å². The molecule has 0 aliphatic heterocycles. The summed E-state index contributed by atoms with van der Waals surface area (Å²) in [4.78, 5) is 19.3. The van der Waals surface area contributed by atoms with Gasteiger partial charge >= 0.3 is 0 Å². The summed E-state index contributed by atoms with van der Waals surface area (Å²) in [5.41, 5.74) is 1.54. The highest BCUT2D eigenvalue weighted by molar-refractivity contribution is 9.10. The molecular weight excluding hydrogens is 258 g/mol. The van der Waals surface area contributed by atoms with E-state index < -0.39 is 0 Å². The molecule has 2 heterocycles. The average Bonchev–Trinajstić information content (AvgIpc) is 2.16. The number of hydrogen-bond donors (Lipinski definition) is 1. The summed E-state index contributed by atoms with van der Waals surface area (Å²) in [6.07, 6.45) is 1.71. The zero-order chi connectivity index (χ0) is 10.8. The molecule has 2 aromatic heterocycles. The molecule has 2 aromatic rings. The first-order chi connectivity index (χ1) is 7.15. The first-order valence-corrected chi connectivity index (χ1v) is 5.14. The second-order valence-corrected chi connectivity index (χ2v) is 3.99. The van der Waals surface area contributed by atoms with Crippen LogP contribution < -0.4 is 5.32 Å². The van der Waals surface area contributed by atoms with Gasteiger partial charge in [-0.15, -0.1) is 0 Å². The molecular formula is C10H8BrN3O.